The molecule has 3 aromatic heterocycles. The fourth-order valence-electron chi connectivity index (χ4n) is 3.02. The zero-order valence-corrected chi connectivity index (χ0v) is 14.4. The standard InChI is InChI=1S/C20H19N5O/c1-2-11-25-13-17(16-7-4-9-21-19(16)25)18-8-10-22-20(24-18)23-14-5-3-6-15(26)12-14/h3-10,12-13,26H,2,11H2,1H3,(H,22,23,24). The molecular formula is C20H19N5O. The minimum absolute atomic E-state index is 0.194. The molecule has 4 aromatic rings. The Kier molecular flexibility index (Phi) is 4.23. The van der Waals surface area contributed by atoms with Gasteiger partial charge in [-0.25, -0.2) is 15.0 Å². The lowest BCUT2D eigenvalue weighted by molar-refractivity contribution is 0.475. The highest BCUT2D eigenvalue weighted by Gasteiger charge is 2.12. The van der Waals surface area contributed by atoms with Crippen LogP contribution >= 0.6 is 0 Å². The van der Waals surface area contributed by atoms with E-state index in [1.807, 2.05) is 24.4 Å². The van der Waals surface area contributed by atoms with Gasteiger partial charge in [-0.2, -0.15) is 0 Å². The summed E-state index contributed by atoms with van der Waals surface area (Å²) in [4.78, 5) is 13.5. The largest absolute Gasteiger partial charge is 0.508 e. The topological polar surface area (TPSA) is 75.9 Å². The third-order valence-electron chi connectivity index (χ3n) is 4.13. The fourth-order valence-corrected chi connectivity index (χ4v) is 3.02. The zero-order valence-electron chi connectivity index (χ0n) is 14.4. The lowest BCUT2D eigenvalue weighted by atomic mass is 10.1. The lowest BCUT2D eigenvalue weighted by Gasteiger charge is -2.06. The molecule has 0 saturated carbocycles. The number of phenolic OH excluding ortho intramolecular Hbond substituents is 1. The van der Waals surface area contributed by atoms with Crippen molar-refractivity contribution in [2.45, 2.75) is 19.9 Å². The Balaban J connectivity index is 1.74. The van der Waals surface area contributed by atoms with Gasteiger partial charge in [0.1, 0.15) is 11.4 Å². The molecule has 0 aliphatic carbocycles. The van der Waals surface area contributed by atoms with Crippen LogP contribution < -0.4 is 5.32 Å². The van der Waals surface area contributed by atoms with Gasteiger partial charge in [-0.05, 0) is 36.8 Å². The van der Waals surface area contributed by atoms with Crippen LogP contribution in [-0.2, 0) is 6.54 Å². The predicted molar refractivity (Wildman–Crippen MR) is 102 cm³/mol. The first kappa shape index (κ1) is 16.1. The van der Waals surface area contributed by atoms with E-state index < -0.39 is 0 Å². The minimum Gasteiger partial charge on any atom is -0.508 e. The van der Waals surface area contributed by atoms with Gasteiger partial charge in [-0.15, -0.1) is 0 Å². The Labute approximate surface area is 151 Å². The number of hydrogen-bond acceptors (Lipinski definition) is 5. The average Bonchev–Trinajstić information content (AvgIpc) is 3.01. The van der Waals surface area contributed by atoms with Crippen molar-refractivity contribution in [3.8, 4) is 17.0 Å². The number of hydrogen-bond donors (Lipinski definition) is 2. The molecule has 0 bridgehead atoms. The van der Waals surface area contributed by atoms with Gasteiger partial charge in [0, 0.05) is 47.8 Å². The van der Waals surface area contributed by atoms with Crippen LogP contribution in [0.1, 0.15) is 13.3 Å². The second-order valence-electron chi connectivity index (χ2n) is 6.05. The van der Waals surface area contributed by atoms with E-state index in [2.05, 4.69) is 44.0 Å². The Morgan fingerprint density at radius 3 is 2.85 bits per heavy atom. The summed E-state index contributed by atoms with van der Waals surface area (Å²) < 4.78 is 2.16. The highest BCUT2D eigenvalue weighted by Crippen LogP contribution is 2.29. The first-order valence-corrected chi connectivity index (χ1v) is 8.58. The molecule has 0 radical (unpaired) electrons. The van der Waals surface area contributed by atoms with Gasteiger partial charge in [-0.3, -0.25) is 0 Å². The van der Waals surface area contributed by atoms with Gasteiger partial charge in [0.05, 0.1) is 5.69 Å². The fraction of sp³-hybridized carbons (Fsp3) is 0.150. The van der Waals surface area contributed by atoms with Gasteiger partial charge in [0.15, 0.2) is 0 Å². The van der Waals surface area contributed by atoms with Crippen molar-refractivity contribution in [2.75, 3.05) is 5.32 Å². The number of nitrogens with one attached hydrogen (secondary N) is 1. The minimum atomic E-state index is 0.194. The van der Waals surface area contributed by atoms with E-state index in [1.165, 1.54) is 0 Å². The third-order valence-corrected chi connectivity index (χ3v) is 4.13. The number of benzene rings is 1. The van der Waals surface area contributed by atoms with E-state index in [9.17, 15) is 5.11 Å². The van der Waals surface area contributed by atoms with Gasteiger partial charge in [0.2, 0.25) is 5.95 Å². The summed E-state index contributed by atoms with van der Waals surface area (Å²) >= 11 is 0. The molecule has 6 heteroatoms. The molecule has 0 atom stereocenters. The molecule has 0 amide bonds. The van der Waals surface area contributed by atoms with Crippen LogP contribution in [0.15, 0.2) is 61.1 Å². The molecule has 1 aromatic carbocycles. The molecule has 0 saturated heterocycles. The molecule has 26 heavy (non-hydrogen) atoms. The van der Waals surface area contributed by atoms with Crippen molar-refractivity contribution in [3.05, 3.63) is 61.1 Å². The quantitative estimate of drug-likeness (QED) is 0.562. The molecular weight excluding hydrogens is 326 g/mol. The van der Waals surface area contributed by atoms with Gasteiger partial charge < -0.3 is 15.0 Å². The Bertz CT molecular complexity index is 1060. The van der Waals surface area contributed by atoms with Gasteiger partial charge >= 0.3 is 0 Å². The first-order valence-electron chi connectivity index (χ1n) is 8.58. The number of pyridine rings is 1. The van der Waals surface area contributed by atoms with Crippen LogP contribution in [0.3, 0.4) is 0 Å². The van der Waals surface area contributed by atoms with Crippen LogP contribution in [0.2, 0.25) is 0 Å². The Hall–Kier alpha value is -3.41. The summed E-state index contributed by atoms with van der Waals surface area (Å²) in [6.07, 6.45) is 6.68. The number of aryl methyl sites for hydroxylation is 1. The number of rotatable bonds is 5. The van der Waals surface area contributed by atoms with E-state index in [0.717, 1.165) is 40.9 Å². The van der Waals surface area contributed by atoms with Gasteiger partial charge in [-0.1, -0.05) is 13.0 Å². The summed E-state index contributed by atoms with van der Waals surface area (Å²) in [5.41, 5.74) is 3.56. The van der Waals surface area contributed by atoms with E-state index in [1.54, 1.807) is 24.4 Å². The molecule has 3 heterocycles. The van der Waals surface area contributed by atoms with Gasteiger partial charge in [0.25, 0.3) is 0 Å². The maximum Gasteiger partial charge on any atom is 0.227 e. The van der Waals surface area contributed by atoms with E-state index >= 15 is 0 Å². The van der Waals surface area contributed by atoms with E-state index in [0.29, 0.717) is 5.95 Å². The highest BCUT2D eigenvalue weighted by molar-refractivity contribution is 5.93. The average molecular weight is 345 g/mol. The normalized spacial score (nSPS) is 11.0. The number of fused-ring (bicyclic) bond motifs is 1. The molecule has 0 aliphatic heterocycles. The molecule has 0 aliphatic rings. The van der Waals surface area contributed by atoms with Crippen LogP contribution in [0.4, 0.5) is 11.6 Å². The summed E-state index contributed by atoms with van der Waals surface area (Å²) in [6.45, 7) is 3.06. The number of phenols is 1. The molecule has 0 unspecified atom stereocenters. The summed E-state index contributed by atoms with van der Waals surface area (Å²) in [5.74, 6) is 0.674. The van der Waals surface area contributed by atoms with Crippen molar-refractivity contribution in [2.24, 2.45) is 0 Å². The molecule has 6 nitrogen and oxygen atoms in total. The second-order valence-corrected chi connectivity index (χ2v) is 6.05. The number of anilines is 2. The summed E-state index contributed by atoms with van der Waals surface area (Å²) in [6, 6.07) is 12.8. The monoisotopic (exact) mass is 345 g/mol. The summed E-state index contributed by atoms with van der Waals surface area (Å²) in [7, 11) is 0. The smallest absolute Gasteiger partial charge is 0.227 e. The molecule has 0 fully saturated rings. The maximum atomic E-state index is 9.60. The van der Waals surface area contributed by atoms with Crippen molar-refractivity contribution in [3.63, 3.8) is 0 Å². The van der Waals surface area contributed by atoms with E-state index in [-0.39, 0.29) is 5.75 Å². The number of aromatic hydroxyl groups is 1. The van der Waals surface area contributed by atoms with Crippen molar-refractivity contribution in [1.29, 1.82) is 0 Å². The molecule has 0 spiro atoms. The number of aromatic nitrogens is 4. The first-order chi connectivity index (χ1) is 12.7. The van der Waals surface area contributed by atoms with Crippen LogP contribution in [0.5, 0.6) is 5.75 Å². The van der Waals surface area contributed by atoms with Crippen molar-refractivity contribution in [1.82, 2.24) is 19.5 Å². The Morgan fingerprint density at radius 2 is 2.00 bits per heavy atom. The third kappa shape index (κ3) is 3.09. The lowest BCUT2D eigenvalue weighted by Crippen LogP contribution is -1.97. The molecule has 4 rings (SSSR count). The van der Waals surface area contributed by atoms with Crippen molar-refractivity contribution < 1.29 is 5.11 Å². The Morgan fingerprint density at radius 1 is 1.08 bits per heavy atom. The summed E-state index contributed by atoms with van der Waals surface area (Å²) in [5, 5.41) is 13.8. The number of nitrogens with zero attached hydrogens (tertiary/aromatic N) is 4. The molecule has 2 N–H and O–H groups in total. The zero-order chi connectivity index (χ0) is 17.9. The maximum absolute atomic E-state index is 9.60. The highest BCUT2D eigenvalue weighted by atomic mass is 16.3. The van der Waals surface area contributed by atoms with Crippen molar-refractivity contribution >= 4 is 22.7 Å². The molecule has 130 valence electrons. The van der Waals surface area contributed by atoms with Crippen LogP contribution in [-0.4, -0.2) is 24.6 Å². The SMILES string of the molecule is CCCn1cc(-c2ccnc(Nc3cccc(O)c3)n2)c2cccnc21. The van der Waals surface area contributed by atoms with E-state index in [4.69, 9.17) is 0 Å². The van der Waals surface area contributed by atoms with Crippen LogP contribution in [0, 0.1) is 0 Å². The second kappa shape index (κ2) is 6.84. The predicted octanol–water partition coefficient (Wildman–Crippen LogP) is 4.35. The van der Waals surface area contributed by atoms with Crippen LogP contribution in [0.25, 0.3) is 22.3 Å².